The Hall–Kier alpha value is -7.68. The molecular weight excluding hydrogens is 701 g/mol. The van der Waals surface area contributed by atoms with Gasteiger partial charge in [0.25, 0.3) is 0 Å². The molecule has 2 heteroatoms. The molecule has 0 saturated heterocycles. The van der Waals surface area contributed by atoms with Crippen LogP contribution in [0.3, 0.4) is 0 Å². The van der Waals surface area contributed by atoms with E-state index >= 15 is 0 Å². The lowest BCUT2D eigenvalue weighted by Gasteiger charge is -2.19. The predicted molar refractivity (Wildman–Crippen MR) is 247 cm³/mol. The normalized spacial score (nSPS) is 12.1. The summed E-state index contributed by atoms with van der Waals surface area (Å²) < 4.78 is 0. The molecule has 266 valence electrons. The molecule has 2 nitrogen and oxygen atoms in total. The van der Waals surface area contributed by atoms with Crippen molar-refractivity contribution in [2.45, 2.75) is 0 Å². The molecule has 0 radical (unpaired) electrons. The van der Waals surface area contributed by atoms with Crippen LogP contribution in [-0.2, 0) is 0 Å². The second-order valence-electron chi connectivity index (χ2n) is 15.6. The van der Waals surface area contributed by atoms with Gasteiger partial charge in [-0.3, -0.25) is 4.98 Å². The molecule has 2 heterocycles. The van der Waals surface area contributed by atoms with E-state index in [1.54, 1.807) is 0 Å². The first-order valence-electron chi connectivity index (χ1n) is 20.0. The van der Waals surface area contributed by atoms with Crippen molar-refractivity contribution in [2.75, 3.05) is 0 Å². The molecule has 0 aliphatic rings. The van der Waals surface area contributed by atoms with Crippen LogP contribution >= 0.6 is 0 Å². The molecule has 0 atom stereocenters. The van der Waals surface area contributed by atoms with E-state index in [4.69, 9.17) is 4.98 Å². The van der Waals surface area contributed by atoms with Gasteiger partial charge < -0.3 is 0 Å². The molecule has 0 fully saturated rings. The van der Waals surface area contributed by atoms with E-state index in [0.29, 0.717) is 0 Å². The minimum absolute atomic E-state index is 0.933. The van der Waals surface area contributed by atoms with Gasteiger partial charge in [-0.15, -0.1) is 0 Å². The van der Waals surface area contributed by atoms with Crippen molar-refractivity contribution in [3.05, 3.63) is 194 Å². The fourth-order valence-electron chi connectivity index (χ4n) is 10.0. The average Bonchev–Trinajstić information content (AvgIpc) is 3.29. The largest absolute Gasteiger partial charge is 0.254 e. The van der Waals surface area contributed by atoms with Gasteiger partial charge >= 0.3 is 0 Å². The zero-order valence-corrected chi connectivity index (χ0v) is 31.4. The van der Waals surface area contributed by atoms with Crippen molar-refractivity contribution in [2.24, 2.45) is 0 Å². The number of hydrogen-bond acceptors (Lipinski definition) is 2. The molecule has 0 aliphatic heterocycles. The fraction of sp³-hybridized carbons (Fsp3) is 0. The van der Waals surface area contributed by atoms with Gasteiger partial charge in [0.2, 0.25) is 0 Å². The Morgan fingerprint density at radius 2 is 0.776 bits per heavy atom. The SMILES string of the molecule is c1cnc2c(c1)ccc1ccc(-c3ccc(-c4ccc(-c5cc6cccc7c8cccc9ccc%10cccc(c%11cccc5c%11c67)c%10c98)c5ccccc45)cc3)nc12. The Balaban J connectivity index is 1.02. The van der Waals surface area contributed by atoms with Crippen molar-refractivity contribution in [1.29, 1.82) is 0 Å². The fourth-order valence-corrected chi connectivity index (χ4v) is 10.0. The summed E-state index contributed by atoms with van der Waals surface area (Å²) in [6.07, 6.45) is 1.84. The van der Waals surface area contributed by atoms with Crippen LogP contribution in [0.4, 0.5) is 0 Å². The highest BCUT2D eigenvalue weighted by Crippen LogP contribution is 2.47. The summed E-state index contributed by atoms with van der Waals surface area (Å²) in [4.78, 5) is 9.78. The van der Waals surface area contributed by atoms with Crippen molar-refractivity contribution < 1.29 is 0 Å². The Bertz CT molecular complexity index is 3840. The van der Waals surface area contributed by atoms with E-state index in [2.05, 4.69) is 187 Å². The third kappa shape index (κ3) is 4.43. The maximum Gasteiger partial charge on any atom is 0.0972 e. The topological polar surface area (TPSA) is 25.8 Å². The lowest BCUT2D eigenvalue weighted by molar-refractivity contribution is 1.37. The molecule has 0 saturated carbocycles. The Morgan fingerprint density at radius 1 is 0.276 bits per heavy atom. The van der Waals surface area contributed by atoms with Crippen LogP contribution in [0.25, 0.3) is 131 Å². The van der Waals surface area contributed by atoms with E-state index in [1.165, 1.54) is 97.7 Å². The number of rotatable bonds is 3. The third-order valence-corrected chi connectivity index (χ3v) is 12.6. The molecule has 58 heavy (non-hydrogen) atoms. The van der Waals surface area contributed by atoms with Crippen LogP contribution in [0, 0.1) is 0 Å². The Kier molecular flexibility index (Phi) is 6.47. The molecule has 0 aliphatic carbocycles. The molecular formula is C56H32N2. The van der Waals surface area contributed by atoms with Crippen LogP contribution in [-0.4, -0.2) is 9.97 Å². The lowest BCUT2D eigenvalue weighted by atomic mass is 9.84. The maximum atomic E-state index is 5.11. The first-order chi connectivity index (χ1) is 28.8. The van der Waals surface area contributed by atoms with Gasteiger partial charge in [-0.1, -0.05) is 170 Å². The molecule has 11 aromatic carbocycles. The highest BCUT2D eigenvalue weighted by Gasteiger charge is 2.19. The van der Waals surface area contributed by atoms with Crippen molar-refractivity contribution in [3.63, 3.8) is 0 Å². The molecule has 2 aromatic heterocycles. The summed E-state index contributed by atoms with van der Waals surface area (Å²) in [7, 11) is 0. The Morgan fingerprint density at radius 3 is 1.50 bits per heavy atom. The molecule has 0 spiro atoms. The summed E-state index contributed by atoms with van der Waals surface area (Å²) in [5, 5.41) is 20.2. The van der Waals surface area contributed by atoms with Gasteiger partial charge in [-0.2, -0.15) is 0 Å². The second-order valence-corrected chi connectivity index (χ2v) is 15.6. The van der Waals surface area contributed by atoms with Crippen LogP contribution in [0.1, 0.15) is 0 Å². The lowest BCUT2D eigenvalue weighted by Crippen LogP contribution is -1.91. The first-order valence-corrected chi connectivity index (χ1v) is 20.0. The van der Waals surface area contributed by atoms with Gasteiger partial charge in [-0.05, 0) is 116 Å². The minimum atomic E-state index is 0.933. The van der Waals surface area contributed by atoms with Gasteiger partial charge in [-0.25, -0.2) is 4.98 Å². The van der Waals surface area contributed by atoms with Gasteiger partial charge in [0.15, 0.2) is 0 Å². The van der Waals surface area contributed by atoms with E-state index < -0.39 is 0 Å². The number of pyridine rings is 2. The van der Waals surface area contributed by atoms with Crippen LogP contribution < -0.4 is 0 Å². The van der Waals surface area contributed by atoms with Gasteiger partial charge in [0.1, 0.15) is 0 Å². The second kappa shape index (κ2) is 11.9. The number of aromatic nitrogens is 2. The third-order valence-electron chi connectivity index (χ3n) is 12.6. The summed E-state index contributed by atoms with van der Waals surface area (Å²) in [6, 6.07) is 69.4. The molecule has 0 unspecified atom stereocenters. The molecule has 0 N–H and O–H groups in total. The summed E-state index contributed by atoms with van der Waals surface area (Å²) in [5.41, 5.74) is 8.78. The molecule has 13 aromatic rings. The molecule has 0 bridgehead atoms. The summed E-state index contributed by atoms with van der Waals surface area (Å²) in [5.74, 6) is 0. The van der Waals surface area contributed by atoms with E-state index in [1.807, 2.05) is 12.3 Å². The van der Waals surface area contributed by atoms with E-state index in [9.17, 15) is 0 Å². The van der Waals surface area contributed by atoms with Crippen molar-refractivity contribution >= 4 is 97.2 Å². The number of benzene rings is 10. The zero-order valence-electron chi connectivity index (χ0n) is 31.4. The van der Waals surface area contributed by atoms with Crippen molar-refractivity contribution in [3.8, 4) is 33.5 Å². The summed E-state index contributed by atoms with van der Waals surface area (Å²) in [6.45, 7) is 0. The van der Waals surface area contributed by atoms with E-state index in [0.717, 1.165) is 33.1 Å². The van der Waals surface area contributed by atoms with Crippen LogP contribution in [0.15, 0.2) is 194 Å². The number of fused-ring (bicyclic) bond motifs is 6. The maximum absolute atomic E-state index is 5.11. The van der Waals surface area contributed by atoms with Gasteiger partial charge in [0.05, 0.1) is 16.7 Å². The number of hydrogen-bond donors (Lipinski definition) is 0. The average molecular weight is 733 g/mol. The quantitative estimate of drug-likeness (QED) is 0.169. The number of nitrogens with zero attached hydrogens (tertiary/aromatic N) is 2. The summed E-state index contributed by atoms with van der Waals surface area (Å²) >= 11 is 0. The smallest absolute Gasteiger partial charge is 0.0972 e. The highest BCUT2D eigenvalue weighted by atomic mass is 14.7. The van der Waals surface area contributed by atoms with Crippen molar-refractivity contribution in [1.82, 2.24) is 9.97 Å². The molecule has 13 rings (SSSR count). The standard InChI is InChI=1S/C56H32N2/c1-2-13-42-41(12-1)40(33-19-21-34(22-20-33)50-30-27-38-26-25-37-11-7-31-57-55(37)56(38)58-50)28-29-43(42)49-32-39-10-5-16-45-44-14-3-8-35-23-24-36-9-4-15-46(52(36)51(35)44)47-17-6-18-48(49)54(47)53(39)45/h1-32H. The van der Waals surface area contributed by atoms with Crippen LogP contribution in [0.2, 0.25) is 0 Å². The van der Waals surface area contributed by atoms with Gasteiger partial charge in [0, 0.05) is 22.5 Å². The highest BCUT2D eigenvalue weighted by molar-refractivity contribution is 6.38. The van der Waals surface area contributed by atoms with Crippen LogP contribution in [0.5, 0.6) is 0 Å². The van der Waals surface area contributed by atoms with E-state index in [-0.39, 0.29) is 0 Å². The Labute approximate surface area is 333 Å². The minimum Gasteiger partial charge on any atom is -0.254 e. The molecule has 0 amide bonds. The zero-order chi connectivity index (χ0) is 37.9. The predicted octanol–water partition coefficient (Wildman–Crippen LogP) is 15.3. The monoisotopic (exact) mass is 732 g/mol. The first kappa shape index (κ1) is 31.5.